The SMILES string of the molecule is NC(=O)CC(NC(=O)OCc1ccccc1)C(=O)NCC(=O)O. The molecule has 23 heavy (non-hydrogen) atoms. The zero-order valence-corrected chi connectivity index (χ0v) is 12.2. The molecule has 0 fully saturated rings. The Kier molecular flexibility index (Phi) is 7.05. The number of benzene rings is 1. The van der Waals surface area contributed by atoms with E-state index in [0.29, 0.717) is 0 Å². The van der Waals surface area contributed by atoms with E-state index < -0.39 is 42.9 Å². The van der Waals surface area contributed by atoms with Crippen LogP contribution in [0.1, 0.15) is 12.0 Å². The number of carboxylic acids is 1. The molecule has 1 atom stereocenters. The van der Waals surface area contributed by atoms with Gasteiger partial charge in [-0.15, -0.1) is 0 Å². The number of amides is 3. The molecule has 0 aliphatic rings. The van der Waals surface area contributed by atoms with Gasteiger partial charge in [-0.25, -0.2) is 4.79 Å². The van der Waals surface area contributed by atoms with Gasteiger partial charge in [-0.2, -0.15) is 0 Å². The number of rotatable bonds is 8. The number of carboxylic acid groups (broad SMARTS) is 1. The molecule has 0 saturated carbocycles. The van der Waals surface area contributed by atoms with Gasteiger partial charge in [0, 0.05) is 0 Å². The van der Waals surface area contributed by atoms with Crippen molar-refractivity contribution in [1.29, 1.82) is 0 Å². The molecule has 0 spiro atoms. The number of ether oxygens (including phenoxy) is 1. The number of primary amides is 1. The van der Waals surface area contributed by atoms with Crippen molar-refractivity contribution in [3.63, 3.8) is 0 Å². The molecule has 1 aromatic carbocycles. The number of hydrogen-bond donors (Lipinski definition) is 4. The summed E-state index contributed by atoms with van der Waals surface area (Å²) in [5.41, 5.74) is 5.74. The topological polar surface area (TPSA) is 148 Å². The Balaban J connectivity index is 2.54. The maximum Gasteiger partial charge on any atom is 0.408 e. The molecule has 9 nitrogen and oxygen atoms in total. The molecule has 1 aromatic rings. The highest BCUT2D eigenvalue weighted by Crippen LogP contribution is 2.01. The fourth-order valence-corrected chi connectivity index (χ4v) is 1.60. The summed E-state index contributed by atoms with van der Waals surface area (Å²) in [5, 5.41) is 12.7. The monoisotopic (exact) mass is 323 g/mol. The lowest BCUT2D eigenvalue weighted by atomic mass is 10.2. The minimum atomic E-state index is -1.31. The van der Waals surface area contributed by atoms with E-state index in [1.165, 1.54) is 0 Å². The maximum atomic E-state index is 11.7. The molecule has 124 valence electrons. The van der Waals surface area contributed by atoms with Crippen LogP contribution in [0.3, 0.4) is 0 Å². The van der Waals surface area contributed by atoms with E-state index in [0.717, 1.165) is 5.56 Å². The second-order valence-electron chi connectivity index (χ2n) is 4.54. The molecule has 9 heteroatoms. The van der Waals surface area contributed by atoms with Crippen LogP contribution in [0.4, 0.5) is 4.79 Å². The van der Waals surface area contributed by atoms with Crippen LogP contribution in [0.5, 0.6) is 0 Å². The first-order valence-electron chi connectivity index (χ1n) is 6.63. The quantitative estimate of drug-likeness (QED) is 0.500. The van der Waals surface area contributed by atoms with Crippen LogP contribution in [-0.4, -0.2) is 41.6 Å². The van der Waals surface area contributed by atoms with Gasteiger partial charge in [0.05, 0.1) is 6.42 Å². The second kappa shape index (κ2) is 9.03. The molecule has 0 saturated heterocycles. The summed E-state index contributed by atoms with van der Waals surface area (Å²) in [7, 11) is 0. The average molecular weight is 323 g/mol. The molecule has 0 heterocycles. The third-order valence-corrected chi connectivity index (χ3v) is 2.64. The van der Waals surface area contributed by atoms with E-state index in [1.54, 1.807) is 30.3 Å². The summed E-state index contributed by atoms with van der Waals surface area (Å²) in [4.78, 5) is 44.8. The fraction of sp³-hybridized carbons (Fsp3) is 0.286. The van der Waals surface area contributed by atoms with Crippen molar-refractivity contribution in [2.45, 2.75) is 19.1 Å². The van der Waals surface area contributed by atoms with Crippen LogP contribution >= 0.6 is 0 Å². The number of carbonyl (C=O) groups is 4. The van der Waals surface area contributed by atoms with Crippen LogP contribution < -0.4 is 16.4 Å². The van der Waals surface area contributed by atoms with Crippen LogP contribution in [0.2, 0.25) is 0 Å². The predicted octanol–water partition coefficient (Wildman–Crippen LogP) is -0.642. The number of nitrogens with two attached hydrogens (primary N) is 1. The third-order valence-electron chi connectivity index (χ3n) is 2.64. The van der Waals surface area contributed by atoms with Crippen LogP contribution in [-0.2, 0) is 25.7 Å². The minimum Gasteiger partial charge on any atom is -0.480 e. The van der Waals surface area contributed by atoms with E-state index in [1.807, 2.05) is 0 Å². The van der Waals surface area contributed by atoms with Crippen molar-refractivity contribution in [3.8, 4) is 0 Å². The molecule has 0 radical (unpaired) electrons. The van der Waals surface area contributed by atoms with Gasteiger partial charge in [0.15, 0.2) is 0 Å². The zero-order valence-electron chi connectivity index (χ0n) is 12.2. The van der Waals surface area contributed by atoms with E-state index in [2.05, 4.69) is 10.6 Å². The standard InChI is InChI=1S/C14H17N3O6/c15-11(18)6-10(13(21)16-7-12(19)20)17-14(22)23-8-9-4-2-1-3-5-9/h1-5,10H,6-8H2,(H2,15,18)(H,16,21)(H,17,22)(H,19,20). The van der Waals surface area contributed by atoms with Gasteiger partial charge in [-0.05, 0) is 5.56 Å². The lowest BCUT2D eigenvalue weighted by Crippen LogP contribution is -2.49. The van der Waals surface area contributed by atoms with E-state index >= 15 is 0 Å². The Morgan fingerprint density at radius 1 is 1.17 bits per heavy atom. The van der Waals surface area contributed by atoms with Gasteiger partial charge in [0.1, 0.15) is 19.2 Å². The second-order valence-corrected chi connectivity index (χ2v) is 4.54. The van der Waals surface area contributed by atoms with Gasteiger partial charge in [-0.3, -0.25) is 14.4 Å². The highest BCUT2D eigenvalue weighted by atomic mass is 16.5. The highest BCUT2D eigenvalue weighted by Gasteiger charge is 2.23. The Morgan fingerprint density at radius 2 is 1.83 bits per heavy atom. The molecule has 0 aliphatic heterocycles. The summed E-state index contributed by atoms with van der Waals surface area (Å²) < 4.78 is 4.92. The van der Waals surface area contributed by atoms with Crippen molar-refractivity contribution in [3.05, 3.63) is 35.9 Å². The summed E-state index contributed by atoms with van der Waals surface area (Å²) in [6, 6.07) is 7.52. The number of aliphatic carboxylic acids is 1. The Morgan fingerprint density at radius 3 is 2.39 bits per heavy atom. The average Bonchev–Trinajstić information content (AvgIpc) is 2.50. The molecule has 0 aliphatic carbocycles. The largest absolute Gasteiger partial charge is 0.480 e. The molecular weight excluding hydrogens is 306 g/mol. The molecule has 3 amide bonds. The van der Waals surface area contributed by atoms with Gasteiger partial charge in [0.25, 0.3) is 0 Å². The zero-order chi connectivity index (χ0) is 17.2. The van der Waals surface area contributed by atoms with Crippen molar-refractivity contribution in [2.24, 2.45) is 5.73 Å². The van der Waals surface area contributed by atoms with Crippen molar-refractivity contribution >= 4 is 23.9 Å². The van der Waals surface area contributed by atoms with Gasteiger partial charge >= 0.3 is 12.1 Å². The van der Waals surface area contributed by atoms with Gasteiger partial charge in [-0.1, -0.05) is 30.3 Å². The molecule has 0 bridgehead atoms. The van der Waals surface area contributed by atoms with Crippen molar-refractivity contribution < 1.29 is 29.0 Å². The molecule has 1 unspecified atom stereocenters. The maximum absolute atomic E-state index is 11.7. The first-order chi connectivity index (χ1) is 10.9. The molecule has 0 aromatic heterocycles. The molecular formula is C14H17N3O6. The Bertz CT molecular complexity index is 575. The van der Waals surface area contributed by atoms with Crippen LogP contribution in [0.25, 0.3) is 0 Å². The van der Waals surface area contributed by atoms with E-state index in [9.17, 15) is 19.2 Å². The summed E-state index contributed by atoms with van der Waals surface area (Å²) >= 11 is 0. The van der Waals surface area contributed by atoms with Crippen molar-refractivity contribution in [2.75, 3.05) is 6.54 Å². The van der Waals surface area contributed by atoms with E-state index in [4.69, 9.17) is 15.6 Å². The number of alkyl carbamates (subject to hydrolysis) is 1. The molecule has 5 N–H and O–H groups in total. The van der Waals surface area contributed by atoms with Crippen LogP contribution in [0, 0.1) is 0 Å². The minimum absolute atomic E-state index is 0.0211. The predicted molar refractivity (Wildman–Crippen MR) is 78.0 cm³/mol. The van der Waals surface area contributed by atoms with Crippen LogP contribution in [0.15, 0.2) is 30.3 Å². The summed E-state index contributed by atoms with van der Waals surface area (Å²) in [6.45, 7) is -0.665. The van der Waals surface area contributed by atoms with Gasteiger partial charge < -0.3 is 26.2 Å². The summed E-state index contributed by atoms with van der Waals surface area (Å²) in [5.74, 6) is -2.94. The lowest BCUT2D eigenvalue weighted by Gasteiger charge is -2.16. The normalized spacial score (nSPS) is 11.1. The number of hydrogen-bond acceptors (Lipinski definition) is 5. The Labute approximate surface area is 131 Å². The van der Waals surface area contributed by atoms with Crippen molar-refractivity contribution in [1.82, 2.24) is 10.6 Å². The smallest absolute Gasteiger partial charge is 0.408 e. The Hall–Kier alpha value is -3.10. The third kappa shape index (κ3) is 7.46. The molecule has 1 rings (SSSR count). The lowest BCUT2D eigenvalue weighted by molar-refractivity contribution is -0.138. The fourth-order valence-electron chi connectivity index (χ4n) is 1.60. The first-order valence-corrected chi connectivity index (χ1v) is 6.63. The summed E-state index contributed by atoms with van der Waals surface area (Å²) in [6.07, 6.45) is -1.41. The number of nitrogens with one attached hydrogen (secondary N) is 2. The van der Waals surface area contributed by atoms with E-state index in [-0.39, 0.29) is 6.61 Å². The number of carbonyl (C=O) groups excluding carboxylic acids is 3. The van der Waals surface area contributed by atoms with Gasteiger partial charge in [0.2, 0.25) is 11.8 Å². The first kappa shape index (κ1) is 18.0. The highest BCUT2D eigenvalue weighted by molar-refractivity contribution is 5.91.